The lowest BCUT2D eigenvalue weighted by atomic mass is 10.1. The molecule has 0 aliphatic heterocycles. The third kappa shape index (κ3) is 3.07. The van der Waals surface area contributed by atoms with Crippen LogP contribution in [-0.2, 0) is 11.2 Å². The van der Waals surface area contributed by atoms with Gasteiger partial charge in [0.2, 0.25) is 5.91 Å². The van der Waals surface area contributed by atoms with Gasteiger partial charge >= 0.3 is 0 Å². The lowest BCUT2D eigenvalue weighted by molar-refractivity contribution is -0.115. The summed E-state index contributed by atoms with van der Waals surface area (Å²) in [4.78, 5) is 11.7. The van der Waals surface area contributed by atoms with E-state index in [1.165, 1.54) is 6.07 Å². The molecule has 5 heteroatoms. The molecule has 0 aromatic heterocycles. The van der Waals surface area contributed by atoms with Crippen molar-refractivity contribution in [3.05, 3.63) is 59.7 Å². The second-order valence-electron chi connectivity index (χ2n) is 4.03. The topological polar surface area (TPSA) is 55.1 Å². The number of carbonyl (C=O) groups excluding carboxylic acids is 1. The predicted molar refractivity (Wildman–Crippen MR) is 69.5 cm³/mol. The van der Waals surface area contributed by atoms with E-state index in [0.29, 0.717) is 0 Å². The number of halogens is 2. The molecule has 0 heterocycles. The smallest absolute Gasteiger partial charge is 0.228 e. The fraction of sp³-hybridized carbons (Fsp3) is 0.0714. The summed E-state index contributed by atoms with van der Waals surface area (Å²) in [5, 5.41) is 2.46. The standard InChI is InChI=1S/C14H12F2N2O/c15-10-6-7-11(14(17)13(10)16)18-12(19)8-9-4-2-1-3-5-9/h1-7H,8,17H2,(H,18,19). The van der Waals surface area contributed by atoms with Crippen LogP contribution < -0.4 is 11.1 Å². The van der Waals surface area contributed by atoms with Crippen molar-refractivity contribution in [2.45, 2.75) is 6.42 Å². The van der Waals surface area contributed by atoms with E-state index in [1.54, 1.807) is 12.1 Å². The highest BCUT2D eigenvalue weighted by Crippen LogP contribution is 2.23. The minimum atomic E-state index is -1.16. The Morgan fingerprint density at radius 1 is 1.11 bits per heavy atom. The van der Waals surface area contributed by atoms with Gasteiger partial charge in [0.25, 0.3) is 0 Å². The molecule has 0 unspecified atom stereocenters. The summed E-state index contributed by atoms with van der Waals surface area (Å²) >= 11 is 0. The van der Waals surface area contributed by atoms with Gasteiger partial charge in [0.1, 0.15) is 0 Å². The fourth-order valence-corrected chi connectivity index (χ4v) is 1.65. The molecule has 3 nitrogen and oxygen atoms in total. The van der Waals surface area contributed by atoms with E-state index in [0.717, 1.165) is 11.6 Å². The van der Waals surface area contributed by atoms with Crippen LogP contribution in [0.3, 0.4) is 0 Å². The number of amides is 1. The Kier molecular flexibility index (Phi) is 3.75. The molecule has 0 saturated carbocycles. The van der Waals surface area contributed by atoms with Crippen molar-refractivity contribution in [2.75, 3.05) is 11.1 Å². The first-order valence-electron chi connectivity index (χ1n) is 5.65. The summed E-state index contributed by atoms with van der Waals surface area (Å²) < 4.78 is 26.1. The van der Waals surface area contributed by atoms with Crippen molar-refractivity contribution in [2.24, 2.45) is 0 Å². The van der Waals surface area contributed by atoms with Crippen molar-refractivity contribution < 1.29 is 13.6 Å². The Morgan fingerprint density at radius 3 is 2.47 bits per heavy atom. The second kappa shape index (κ2) is 5.48. The van der Waals surface area contributed by atoms with Gasteiger partial charge in [0.15, 0.2) is 11.6 Å². The number of nitrogens with two attached hydrogens (primary N) is 1. The van der Waals surface area contributed by atoms with E-state index in [9.17, 15) is 13.6 Å². The first-order chi connectivity index (χ1) is 9.08. The summed E-state index contributed by atoms with van der Waals surface area (Å²) in [5.74, 6) is -2.54. The average molecular weight is 262 g/mol. The first-order valence-corrected chi connectivity index (χ1v) is 5.65. The van der Waals surface area contributed by atoms with Crippen LogP contribution in [0.25, 0.3) is 0 Å². The molecule has 2 rings (SSSR count). The van der Waals surface area contributed by atoms with Gasteiger partial charge < -0.3 is 11.1 Å². The third-order valence-corrected chi connectivity index (χ3v) is 2.61. The zero-order chi connectivity index (χ0) is 13.8. The molecule has 2 aromatic carbocycles. The largest absolute Gasteiger partial charge is 0.395 e. The molecule has 0 aliphatic carbocycles. The quantitative estimate of drug-likeness (QED) is 0.836. The van der Waals surface area contributed by atoms with Crippen molar-refractivity contribution in [1.82, 2.24) is 0 Å². The number of carbonyl (C=O) groups is 1. The maximum absolute atomic E-state index is 13.2. The summed E-state index contributed by atoms with van der Waals surface area (Å²) in [5.41, 5.74) is 5.88. The normalized spacial score (nSPS) is 10.2. The lowest BCUT2D eigenvalue weighted by Gasteiger charge is -2.09. The molecular formula is C14H12F2N2O. The maximum atomic E-state index is 13.2. The number of nitrogen functional groups attached to an aromatic ring is 1. The highest BCUT2D eigenvalue weighted by molar-refractivity contribution is 5.95. The number of rotatable bonds is 3. The molecule has 0 bridgehead atoms. The van der Waals surface area contributed by atoms with E-state index in [4.69, 9.17) is 5.73 Å². The van der Waals surface area contributed by atoms with Crippen molar-refractivity contribution in [3.8, 4) is 0 Å². The number of hydrogen-bond donors (Lipinski definition) is 2. The molecule has 0 atom stereocenters. The summed E-state index contributed by atoms with van der Waals surface area (Å²) in [7, 11) is 0. The Bertz CT molecular complexity index is 600. The van der Waals surface area contributed by atoms with Crippen molar-refractivity contribution in [1.29, 1.82) is 0 Å². The Balaban J connectivity index is 2.10. The van der Waals surface area contributed by atoms with Gasteiger partial charge in [-0.2, -0.15) is 0 Å². The summed E-state index contributed by atoms with van der Waals surface area (Å²) in [6.45, 7) is 0. The number of benzene rings is 2. The van der Waals surface area contributed by atoms with E-state index in [2.05, 4.69) is 5.32 Å². The van der Waals surface area contributed by atoms with Gasteiger partial charge in [0.05, 0.1) is 17.8 Å². The molecule has 0 aliphatic rings. The molecule has 2 aromatic rings. The van der Waals surface area contributed by atoms with E-state index < -0.39 is 17.3 Å². The number of nitrogens with one attached hydrogen (secondary N) is 1. The zero-order valence-electron chi connectivity index (χ0n) is 9.99. The van der Waals surface area contributed by atoms with Gasteiger partial charge in [-0.15, -0.1) is 0 Å². The third-order valence-electron chi connectivity index (χ3n) is 2.61. The minimum absolute atomic E-state index is 0.0693. The minimum Gasteiger partial charge on any atom is -0.395 e. The lowest BCUT2D eigenvalue weighted by Crippen LogP contribution is -2.16. The van der Waals surface area contributed by atoms with Gasteiger partial charge in [-0.25, -0.2) is 8.78 Å². The highest BCUT2D eigenvalue weighted by Gasteiger charge is 2.12. The van der Waals surface area contributed by atoms with Crippen molar-refractivity contribution in [3.63, 3.8) is 0 Å². The molecule has 0 spiro atoms. The van der Waals surface area contributed by atoms with Crippen LogP contribution in [0.4, 0.5) is 20.2 Å². The molecule has 0 fully saturated rings. The predicted octanol–water partition coefficient (Wildman–Crippen LogP) is 2.73. The first kappa shape index (κ1) is 13.0. The summed E-state index contributed by atoms with van der Waals surface area (Å²) in [6.07, 6.45) is 0.138. The number of anilines is 2. The zero-order valence-corrected chi connectivity index (χ0v) is 9.99. The van der Waals surface area contributed by atoms with E-state index in [-0.39, 0.29) is 18.0 Å². The Hall–Kier alpha value is -2.43. The average Bonchev–Trinajstić information content (AvgIpc) is 2.41. The van der Waals surface area contributed by atoms with Gasteiger partial charge in [0, 0.05) is 0 Å². The van der Waals surface area contributed by atoms with Crippen LogP contribution in [0.5, 0.6) is 0 Å². The SMILES string of the molecule is Nc1c(NC(=O)Cc2ccccc2)ccc(F)c1F. The van der Waals surface area contributed by atoms with Gasteiger partial charge in [-0.05, 0) is 17.7 Å². The maximum Gasteiger partial charge on any atom is 0.228 e. The molecule has 98 valence electrons. The number of hydrogen-bond acceptors (Lipinski definition) is 2. The molecule has 3 N–H and O–H groups in total. The molecule has 0 radical (unpaired) electrons. The molecular weight excluding hydrogens is 250 g/mol. The van der Waals surface area contributed by atoms with Gasteiger partial charge in [-0.3, -0.25) is 4.79 Å². The van der Waals surface area contributed by atoms with Gasteiger partial charge in [-0.1, -0.05) is 30.3 Å². The fourth-order valence-electron chi connectivity index (χ4n) is 1.65. The Labute approximate surface area is 109 Å². The van der Waals surface area contributed by atoms with E-state index in [1.807, 2.05) is 18.2 Å². The van der Waals surface area contributed by atoms with Crippen LogP contribution in [0.15, 0.2) is 42.5 Å². The molecule has 1 amide bonds. The van der Waals surface area contributed by atoms with E-state index >= 15 is 0 Å². The van der Waals surface area contributed by atoms with Crippen LogP contribution in [0, 0.1) is 11.6 Å². The van der Waals surface area contributed by atoms with Crippen LogP contribution in [-0.4, -0.2) is 5.91 Å². The monoisotopic (exact) mass is 262 g/mol. The Morgan fingerprint density at radius 2 is 1.79 bits per heavy atom. The van der Waals surface area contributed by atoms with Crippen LogP contribution in [0.1, 0.15) is 5.56 Å². The van der Waals surface area contributed by atoms with Crippen LogP contribution >= 0.6 is 0 Å². The molecule has 0 saturated heterocycles. The van der Waals surface area contributed by atoms with Crippen molar-refractivity contribution >= 4 is 17.3 Å². The summed E-state index contributed by atoms with van der Waals surface area (Å²) in [6, 6.07) is 11.2. The molecule has 19 heavy (non-hydrogen) atoms. The second-order valence-corrected chi connectivity index (χ2v) is 4.03. The highest BCUT2D eigenvalue weighted by atomic mass is 19.2. The van der Waals surface area contributed by atoms with Crippen LogP contribution in [0.2, 0.25) is 0 Å².